The summed E-state index contributed by atoms with van der Waals surface area (Å²) >= 11 is 0. The number of rotatable bonds is 6. The van der Waals surface area contributed by atoms with Crippen LogP contribution < -0.4 is 14.8 Å². The highest BCUT2D eigenvalue weighted by Gasteiger charge is 2.14. The minimum Gasteiger partial charge on any atom is -0.497 e. The van der Waals surface area contributed by atoms with Crippen LogP contribution in [-0.4, -0.2) is 33.8 Å². The molecule has 0 saturated heterocycles. The van der Waals surface area contributed by atoms with Gasteiger partial charge >= 0.3 is 0 Å². The zero-order chi connectivity index (χ0) is 13.5. The summed E-state index contributed by atoms with van der Waals surface area (Å²) < 4.78 is 15.2. The van der Waals surface area contributed by atoms with Crippen LogP contribution in [0.4, 0.5) is 0 Å². The molecule has 0 aromatic heterocycles. The molecule has 0 spiro atoms. The van der Waals surface area contributed by atoms with E-state index in [0.29, 0.717) is 5.75 Å². The van der Waals surface area contributed by atoms with Crippen molar-refractivity contribution in [2.75, 3.05) is 27.9 Å². The summed E-state index contributed by atoms with van der Waals surface area (Å²) in [6.07, 6.45) is 0. The first-order valence-corrected chi connectivity index (χ1v) is 5.62. The van der Waals surface area contributed by atoms with Crippen LogP contribution >= 0.6 is 0 Å². The molecular formula is C13H19NO4. The second-order valence-electron chi connectivity index (χ2n) is 3.83. The Morgan fingerprint density at radius 1 is 1.28 bits per heavy atom. The number of carbonyl (C=O) groups excluding carboxylic acids is 1. The summed E-state index contributed by atoms with van der Waals surface area (Å²) in [7, 11) is 4.67. The maximum absolute atomic E-state index is 11.5. The molecule has 5 heteroatoms. The second kappa shape index (κ2) is 6.86. The van der Waals surface area contributed by atoms with Crippen LogP contribution in [0.2, 0.25) is 0 Å². The van der Waals surface area contributed by atoms with Gasteiger partial charge in [-0.1, -0.05) is 0 Å². The Morgan fingerprint density at radius 3 is 2.56 bits per heavy atom. The Kier molecular flexibility index (Phi) is 5.45. The van der Waals surface area contributed by atoms with Crippen LogP contribution in [0.25, 0.3) is 0 Å². The highest BCUT2D eigenvalue weighted by Crippen LogP contribution is 2.29. The van der Waals surface area contributed by atoms with Gasteiger partial charge in [-0.3, -0.25) is 4.79 Å². The molecule has 1 aromatic carbocycles. The van der Waals surface area contributed by atoms with Crippen molar-refractivity contribution in [1.29, 1.82) is 0 Å². The van der Waals surface area contributed by atoms with Gasteiger partial charge in [0.25, 0.3) is 0 Å². The van der Waals surface area contributed by atoms with E-state index in [1.165, 1.54) is 7.11 Å². The predicted molar refractivity (Wildman–Crippen MR) is 68.0 cm³/mol. The monoisotopic (exact) mass is 253 g/mol. The first-order chi connectivity index (χ1) is 8.62. The van der Waals surface area contributed by atoms with E-state index in [-0.39, 0.29) is 18.6 Å². The van der Waals surface area contributed by atoms with Gasteiger partial charge in [0.15, 0.2) is 0 Å². The van der Waals surface area contributed by atoms with Gasteiger partial charge in [0.1, 0.15) is 18.1 Å². The lowest BCUT2D eigenvalue weighted by Gasteiger charge is -2.18. The van der Waals surface area contributed by atoms with Crippen molar-refractivity contribution in [3.8, 4) is 11.5 Å². The van der Waals surface area contributed by atoms with Gasteiger partial charge in [0, 0.05) is 12.7 Å². The summed E-state index contributed by atoms with van der Waals surface area (Å²) in [5.74, 6) is 1.26. The van der Waals surface area contributed by atoms with Gasteiger partial charge in [0.05, 0.1) is 20.3 Å². The molecular weight excluding hydrogens is 234 g/mol. The molecule has 0 aliphatic carbocycles. The number of carbonyl (C=O) groups is 1. The Bertz CT molecular complexity index is 406. The van der Waals surface area contributed by atoms with Crippen LogP contribution in [0.1, 0.15) is 18.5 Å². The van der Waals surface area contributed by atoms with Crippen molar-refractivity contribution < 1.29 is 19.0 Å². The summed E-state index contributed by atoms with van der Waals surface area (Å²) in [6, 6.07) is 5.29. The third-order valence-electron chi connectivity index (χ3n) is 2.56. The molecule has 0 heterocycles. The number of hydrogen-bond acceptors (Lipinski definition) is 4. The standard InChI is InChI=1S/C13H19NO4/c1-9(14-13(15)8-16-2)11-7-10(17-3)5-6-12(11)18-4/h5-7,9H,8H2,1-4H3,(H,14,15)/t9-/m1/s1. The summed E-state index contributed by atoms with van der Waals surface area (Å²) in [5, 5.41) is 2.82. The molecule has 100 valence electrons. The molecule has 0 unspecified atom stereocenters. The van der Waals surface area contributed by atoms with Crippen molar-refractivity contribution in [1.82, 2.24) is 5.32 Å². The van der Waals surface area contributed by atoms with Crippen molar-refractivity contribution in [3.63, 3.8) is 0 Å². The van der Waals surface area contributed by atoms with Crippen molar-refractivity contribution in [2.45, 2.75) is 13.0 Å². The highest BCUT2D eigenvalue weighted by atomic mass is 16.5. The third-order valence-corrected chi connectivity index (χ3v) is 2.56. The fraction of sp³-hybridized carbons (Fsp3) is 0.462. The number of amides is 1. The highest BCUT2D eigenvalue weighted by molar-refractivity contribution is 5.77. The van der Waals surface area contributed by atoms with Gasteiger partial charge in [-0.05, 0) is 25.1 Å². The van der Waals surface area contributed by atoms with Crippen LogP contribution in [0.15, 0.2) is 18.2 Å². The van der Waals surface area contributed by atoms with Gasteiger partial charge in [-0.2, -0.15) is 0 Å². The normalized spacial score (nSPS) is 11.8. The van der Waals surface area contributed by atoms with Crippen molar-refractivity contribution in [3.05, 3.63) is 23.8 Å². The molecule has 0 fully saturated rings. The SMILES string of the molecule is COCC(=O)N[C@H](C)c1cc(OC)ccc1OC. The molecule has 18 heavy (non-hydrogen) atoms. The molecule has 5 nitrogen and oxygen atoms in total. The largest absolute Gasteiger partial charge is 0.497 e. The number of nitrogens with one attached hydrogen (secondary N) is 1. The Balaban J connectivity index is 2.88. The molecule has 1 aromatic rings. The number of ether oxygens (including phenoxy) is 3. The van der Waals surface area contributed by atoms with E-state index in [2.05, 4.69) is 5.32 Å². The minimum atomic E-state index is -0.183. The van der Waals surface area contributed by atoms with Crippen LogP contribution in [0.5, 0.6) is 11.5 Å². The summed E-state index contributed by atoms with van der Waals surface area (Å²) in [5.41, 5.74) is 0.862. The van der Waals surface area contributed by atoms with E-state index in [1.807, 2.05) is 25.1 Å². The fourth-order valence-corrected chi connectivity index (χ4v) is 1.67. The number of methoxy groups -OCH3 is 3. The van der Waals surface area contributed by atoms with Gasteiger partial charge in [-0.25, -0.2) is 0 Å². The van der Waals surface area contributed by atoms with E-state index in [0.717, 1.165) is 11.3 Å². The van der Waals surface area contributed by atoms with Crippen LogP contribution in [0, 0.1) is 0 Å². The first kappa shape index (κ1) is 14.3. The topological polar surface area (TPSA) is 56.8 Å². The molecule has 0 saturated carbocycles. The average Bonchev–Trinajstić information content (AvgIpc) is 2.38. The molecule has 1 N–H and O–H groups in total. The molecule has 0 bridgehead atoms. The number of hydrogen-bond donors (Lipinski definition) is 1. The molecule has 0 aliphatic rings. The molecule has 1 rings (SSSR count). The van der Waals surface area contributed by atoms with Crippen LogP contribution in [-0.2, 0) is 9.53 Å². The van der Waals surface area contributed by atoms with Gasteiger partial charge in [0.2, 0.25) is 5.91 Å². The Morgan fingerprint density at radius 2 is 2.00 bits per heavy atom. The maximum Gasteiger partial charge on any atom is 0.246 e. The lowest BCUT2D eigenvalue weighted by molar-refractivity contribution is -0.125. The second-order valence-corrected chi connectivity index (χ2v) is 3.83. The zero-order valence-corrected chi connectivity index (χ0v) is 11.1. The van der Waals surface area contributed by atoms with Crippen molar-refractivity contribution >= 4 is 5.91 Å². The summed E-state index contributed by atoms with van der Waals surface area (Å²) in [6.45, 7) is 1.92. The van der Waals surface area contributed by atoms with E-state index < -0.39 is 0 Å². The smallest absolute Gasteiger partial charge is 0.246 e. The molecule has 0 aliphatic heterocycles. The summed E-state index contributed by atoms with van der Waals surface area (Å²) in [4.78, 5) is 11.5. The lowest BCUT2D eigenvalue weighted by Crippen LogP contribution is -2.30. The molecule has 1 atom stereocenters. The first-order valence-electron chi connectivity index (χ1n) is 5.62. The predicted octanol–water partition coefficient (Wildman–Crippen LogP) is 1.53. The average molecular weight is 253 g/mol. The van der Waals surface area contributed by atoms with Gasteiger partial charge < -0.3 is 19.5 Å². The van der Waals surface area contributed by atoms with Crippen molar-refractivity contribution in [2.24, 2.45) is 0 Å². The maximum atomic E-state index is 11.5. The van der Waals surface area contributed by atoms with E-state index in [1.54, 1.807) is 14.2 Å². The van der Waals surface area contributed by atoms with Gasteiger partial charge in [-0.15, -0.1) is 0 Å². The lowest BCUT2D eigenvalue weighted by atomic mass is 10.1. The molecule has 1 amide bonds. The van der Waals surface area contributed by atoms with E-state index >= 15 is 0 Å². The number of benzene rings is 1. The Labute approximate surface area is 107 Å². The molecule has 0 radical (unpaired) electrons. The fourth-order valence-electron chi connectivity index (χ4n) is 1.67. The Hall–Kier alpha value is -1.75. The van der Waals surface area contributed by atoms with Crippen LogP contribution in [0.3, 0.4) is 0 Å². The quantitative estimate of drug-likeness (QED) is 0.835. The van der Waals surface area contributed by atoms with E-state index in [4.69, 9.17) is 14.2 Å². The van der Waals surface area contributed by atoms with E-state index in [9.17, 15) is 4.79 Å². The third kappa shape index (κ3) is 3.63. The minimum absolute atomic E-state index is 0.0383. The zero-order valence-electron chi connectivity index (χ0n) is 11.1.